The molecule has 0 amide bonds. The molecule has 1 N–H and O–H groups in total. The van der Waals surface area contributed by atoms with Gasteiger partial charge >= 0.3 is 0 Å². The van der Waals surface area contributed by atoms with E-state index in [1.54, 1.807) is 24.5 Å². The van der Waals surface area contributed by atoms with Crippen LogP contribution in [0.3, 0.4) is 0 Å². The third-order valence-corrected chi connectivity index (χ3v) is 5.78. The highest BCUT2D eigenvalue weighted by Gasteiger charge is 2.18. The van der Waals surface area contributed by atoms with Crippen molar-refractivity contribution < 1.29 is 8.42 Å². The quantitative estimate of drug-likeness (QED) is 0.793. The molecule has 0 atom stereocenters. The average molecular weight is 339 g/mol. The molecule has 0 spiro atoms. The number of nitrogens with one attached hydrogen (secondary N) is 1. The van der Waals surface area contributed by atoms with Crippen LogP contribution < -0.4 is 4.72 Å². The maximum Gasteiger partial charge on any atom is 0.240 e. The third kappa shape index (κ3) is 2.90. The van der Waals surface area contributed by atoms with Crippen molar-refractivity contribution in [1.29, 1.82) is 0 Å². The van der Waals surface area contributed by atoms with Crippen molar-refractivity contribution in [2.75, 3.05) is 0 Å². The van der Waals surface area contributed by atoms with E-state index in [2.05, 4.69) is 14.7 Å². The van der Waals surface area contributed by atoms with Gasteiger partial charge in [0.05, 0.1) is 15.9 Å². The maximum absolute atomic E-state index is 12.5. The molecule has 24 heavy (non-hydrogen) atoms. The molecule has 122 valence electrons. The van der Waals surface area contributed by atoms with Crippen LogP contribution in [-0.4, -0.2) is 18.4 Å². The fourth-order valence-electron chi connectivity index (χ4n) is 3.10. The van der Waals surface area contributed by atoms with Gasteiger partial charge < -0.3 is 0 Å². The molecule has 1 aliphatic carbocycles. The van der Waals surface area contributed by atoms with Gasteiger partial charge in [-0.25, -0.2) is 13.1 Å². The molecule has 3 aromatic rings. The van der Waals surface area contributed by atoms with Crippen LogP contribution in [0.2, 0.25) is 0 Å². The summed E-state index contributed by atoms with van der Waals surface area (Å²) >= 11 is 0. The van der Waals surface area contributed by atoms with Crippen LogP contribution in [0, 0.1) is 0 Å². The normalized spacial score (nSPS) is 14.0. The third-order valence-electron chi connectivity index (χ3n) is 4.38. The van der Waals surface area contributed by atoms with Gasteiger partial charge in [-0.1, -0.05) is 12.1 Å². The number of sulfonamides is 1. The van der Waals surface area contributed by atoms with Crippen LogP contribution in [0.4, 0.5) is 0 Å². The summed E-state index contributed by atoms with van der Waals surface area (Å²) < 4.78 is 27.7. The minimum Gasteiger partial charge on any atom is -0.253 e. The molecule has 2 aromatic carbocycles. The maximum atomic E-state index is 12.5. The second-order valence-corrected chi connectivity index (χ2v) is 7.75. The van der Waals surface area contributed by atoms with E-state index in [-0.39, 0.29) is 6.54 Å². The van der Waals surface area contributed by atoms with E-state index in [9.17, 15) is 8.42 Å². The van der Waals surface area contributed by atoms with Crippen molar-refractivity contribution in [2.24, 2.45) is 0 Å². The van der Waals surface area contributed by atoms with E-state index in [4.69, 9.17) is 0 Å². The van der Waals surface area contributed by atoms with Crippen LogP contribution in [-0.2, 0) is 29.4 Å². The summed E-state index contributed by atoms with van der Waals surface area (Å²) in [6.45, 7) is 0.228. The Kier molecular flexibility index (Phi) is 3.78. The van der Waals surface area contributed by atoms with Gasteiger partial charge in [-0.3, -0.25) is 9.97 Å². The lowest BCUT2D eigenvalue weighted by Gasteiger charge is -2.09. The van der Waals surface area contributed by atoms with E-state index in [0.29, 0.717) is 4.90 Å². The van der Waals surface area contributed by atoms with Crippen LogP contribution in [0.15, 0.2) is 53.7 Å². The molecular formula is C18H17N3O2S. The Morgan fingerprint density at radius 3 is 2.58 bits per heavy atom. The van der Waals surface area contributed by atoms with Gasteiger partial charge in [0, 0.05) is 18.9 Å². The van der Waals surface area contributed by atoms with Crippen LogP contribution in [0.25, 0.3) is 11.0 Å². The number of fused-ring (bicyclic) bond motifs is 2. The van der Waals surface area contributed by atoms with E-state index in [1.807, 2.05) is 24.3 Å². The topological polar surface area (TPSA) is 72.0 Å². The fraction of sp³-hybridized carbons (Fsp3) is 0.222. The van der Waals surface area contributed by atoms with Gasteiger partial charge in [-0.2, -0.15) is 0 Å². The summed E-state index contributed by atoms with van der Waals surface area (Å²) in [6, 6.07) is 11.0. The summed E-state index contributed by atoms with van der Waals surface area (Å²) in [5.74, 6) is 0. The first kappa shape index (κ1) is 15.2. The largest absolute Gasteiger partial charge is 0.253 e. The van der Waals surface area contributed by atoms with E-state index in [1.165, 1.54) is 5.56 Å². The number of aromatic nitrogens is 2. The summed E-state index contributed by atoms with van der Waals surface area (Å²) in [6.07, 6.45) is 6.37. The van der Waals surface area contributed by atoms with Gasteiger partial charge in [0.2, 0.25) is 10.0 Å². The number of hydrogen-bond donors (Lipinski definition) is 1. The Bertz CT molecular complexity index is 1020. The van der Waals surface area contributed by atoms with E-state index in [0.717, 1.165) is 41.4 Å². The van der Waals surface area contributed by atoms with Crippen LogP contribution in [0.5, 0.6) is 0 Å². The molecular weight excluding hydrogens is 322 g/mol. The first-order valence-electron chi connectivity index (χ1n) is 7.93. The number of nitrogens with zero attached hydrogens (tertiary/aromatic N) is 2. The highest BCUT2D eigenvalue weighted by molar-refractivity contribution is 7.89. The number of benzene rings is 2. The Morgan fingerprint density at radius 1 is 0.917 bits per heavy atom. The number of aryl methyl sites for hydroxylation is 2. The molecule has 0 aliphatic heterocycles. The Morgan fingerprint density at radius 2 is 1.71 bits per heavy atom. The molecule has 1 aromatic heterocycles. The summed E-state index contributed by atoms with van der Waals surface area (Å²) in [5, 5.41) is 0. The number of hydrogen-bond acceptors (Lipinski definition) is 4. The summed E-state index contributed by atoms with van der Waals surface area (Å²) in [7, 11) is -3.52. The summed E-state index contributed by atoms with van der Waals surface area (Å²) in [4.78, 5) is 8.79. The second-order valence-electron chi connectivity index (χ2n) is 5.99. The van der Waals surface area contributed by atoms with Crippen LogP contribution >= 0.6 is 0 Å². The predicted molar refractivity (Wildman–Crippen MR) is 92.0 cm³/mol. The van der Waals surface area contributed by atoms with Gasteiger partial charge in [0.25, 0.3) is 0 Å². The fourth-order valence-corrected chi connectivity index (χ4v) is 4.16. The van der Waals surface area contributed by atoms with Gasteiger partial charge in [0.1, 0.15) is 0 Å². The molecule has 1 heterocycles. The molecule has 0 fully saturated rings. The van der Waals surface area contributed by atoms with Crippen molar-refractivity contribution in [1.82, 2.24) is 14.7 Å². The SMILES string of the molecule is O=S(=O)(NCc1ccc2nccnc2c1)c1ccc2c(c1)CCC2. The first-order chi connectivity index (χ1) is 11.6. The standard InChI is InChI=1S/C18H17N3O2S/c22-24(23,16-6-5-14-2-1-3-15(14)11-16)21-12-13-4-7-17-18(10-13)20-9-8-19-17/h4-11,21H,1-3,12H2. The molecule has 1 aliphatic rings. The van der Waals surface area contributed by atoms with Crippen molar-refractivity contribution in [3.8, 4) is 0 Å². The lowest BCUT2D eigenvalue weighted by atomic mass is 10.1. The molecule has 4 rings (SSSR count). The lowest BCUT2D eigenvalue weighted by molar-refractivity contribution is 0.581. The Balaban J connectivity index is 1.55. The molecule has 0 radical (unpaired) electrons. The monoisotopic (exact) mass is 339 g/mol. The van der Waals surface area contributed by atoms with Crippen molar-refractivity contribution in [2.45, 2.75) is 30.7 Å². The van der Waals surface area contributed by atoms with Gasteiger partial charge in [0.15, 0.2) is 0 Å². The average Bonchev–Trinajstić information content (AvgIpc) is 3.07. The van der Waals surface area contributed by atoms with E-state index >= 15 is 0 Å². The highest BCUT2D eigenvalue weighted by Crippen LogP contribution is 2.24. The van der Waals surface area contributed by atoms with Crippen molar-refractivity contribution in [3.63, 3.8) is 0 Å². The molecule has 0 bridgehead atoms. The van der Waals surface area contributed by atoms with Crippen LogP contribution in [0.1, 0.15) is 23.1 Å². The Hall–Kier alpha value is -2.31. The van der Waals surface area contributed by atoms with Gasteiger partial charge in [-0.15, -0.1) is 0 Å². The molecule has 5 nitrogen and oxygen atoms in total. The lowest BCUT2D eigenvalue weighted by Crippen LogP contribution is -2.23. The first-order valence-corrected chi connectivity index (χ1v) is 9.41. The molecule has 0 saturated carbocycles. The zero-order valence-electron chi connectivity index (χ0n) is 13.1. The van der Waals surface area contributed by atoms with Crippen molar-refractivity contribution in [3.05, 3.63) is 65.5 Å². The minimum atomic E-state index is -3.52. The van der Waals surface area contributed by atoms with E-state index < -0.39 is 10.0 Å². The van der Waals surface area contributed by atoms with Gasteiger partial charge in [-0.05, 0) is 60.2 Å². The minimum absolute atomic E-state index is 0.228. The second kappa shape index (κ2) is 5.96. The number of rotatable bonds is 4. The molecule has 0 saturated heterocycles. The Labute approximate surface area is 140 Å². The molecule has 0 unspecified atom stereocenters. The zero-order valence-corrected chi connectivity index (χ0v) is 13.9. The zero-order chi connectivity index (χ0) is 16.6. The highest BCUT2D eigenvalue weighted by atomic mass is 32.2. The summed E-state index contributed by atoms with van der Waals surface area (Å²) in [5.41, 5.74) is 4.82. The predicted octanol–water partition coefficient (Wildman–Crippen LogP) is 2.60. The smallest absolute Gasteiger partial charge is 0.240 e. The molecule has 6 heteroatoms. The van der Waals surface area contributed by atoms with Crippen molar-refractivity contribution >= 4 is 21.1 Å².